The Hall–Kier alpha value is -3.22. The molecule has 0 aliphatic carbocycles. The molecule has 0 saturated carbocycles. The van der Waals surface area contributed by atoms with Crippen LogP contribution in [0, 0.1) is 0 Å². The topological polar surface area (TPSA) is 92.7 Å². The van der Waals surface area contributed by atoms with Gasteiger partial charge in [-0.15, -0.1) is 0 Å². The van der Waals surface area contributed by atoms with Gasteiger partial charge >= 0.3 is 11.8 Å². The van der Waals surface area contributed by atoms with E-state index in [2.05, 4.69) is 20.8 Å². The molecule has 2 aromatic rings. The number of benzene rings is 1. The number of carbonyl (C=O) groups excluding carboxylic acids is 2. The van der Waals surface area contributed by atoms with E-state index in [0.29, 0.717) is 6.61 Å². The van der Waals surface area contributed by atoms with Gasteiger partial charge in [0.15, 0.2) is 0 Å². The van der Waals surface area contributed by atoms with E-state index < -0.39 is 11.8 Å². The van der Waals surface area contributed by atoms with Crippen LogP contribution in [0.25, 0.3) is 0 Å². The maximum Gasteiger partial charge on any atom is 0.329 e. The molecular formula is C17H18N4O3. The molecule has 0 aliphatic heterocycles. The van der Waals surface area contributed by atoms with Crippen molar-refractivity contribution in [3.8, 4) is 5.75 Å². The lowest BCUT2D eigenvalue weighted by Gasteiger charge is -2.04. The van der Waals surface area contributed by atoms with Crippen molar-refractivity contribution in [2.24, 2.45) is 5.10 Å². The van der Waals surface area contributed by atoms with Gasteiger partial charge in [-0.05, 0) is 48.4 Å². The lowest BCUT2D eigenvalue weighted by Crippen LogP contribution is -2.37. The average molecular weight is 326 g/mol. The van der Waals surface area contributed by atoms with Crippen molar-refractivity contribution in [1.29, 1.82) is 0 Å². The Morgan fingerprint density at radius 3 is 2.67 bits per heavy atom. The summed E-state index contributed by atoms with van der Waals surface area (Å²) < 4.78 is 5.33. The number of hydrogen-bond acceptors (Lipinski definition) is 5. The van der Waals surface area contributed by atoms with Gasteiger partial charge in [0.05, 0.1) is 12.8 Å². The lowest BCUT2D eigenvalue weighted by atomic mass is 10.2. The van der Waals surface area contributed by atoms with Crippen LogP contribution in [0.5, 0.6) is 5.75 Å². The van der Waals surface area contributed by atoms with Crippen molar-refractivity contribution in [1.82, 2.24) is 15.7 Å². The summed E-state index contributed by atoms with van der Waals surface area (Å²) in [5.74, 6) is -0.836. The molecule has 0 unspecified atom stereocenters. The maximum absolute atomic E-state index is 11.6. The van der Waals surface area contributed by atoms with E-state index >= 15 is 0 Å². The highest BCUT2D eigenvalue weighted by molar-refractivity contribution is 6.35. The third kappa shape index (κ3) is 5.53. The molecule has 0 radical (unpaired) electrons. The summed E-state index contributed by atoms with van der Waals surface area (Å²) in [5.41, 5.74) is 3.75. The Balaban J connectivity index is 1.78. The minimum atomic E-state index is -0.832. The van der Waals surface area contributed by atoms with Crippen molar-refractivity contribution in [3.05, 3.63) is 59.9 Å². The molecule has 1 heterocycles. The Bertz CT molecular complexity index is 700. The highest BCUT2D eigenvalue weighted by atomic mass is 16.5. The zero-order valence-corrected chi connectivity index (χ0v) is 13.2. The average Bonchev–Trinajstić information content (AvgIpc) is 2.62. The predicted molar refractivity (Wildman–Crippen MR) is 89.4 cm³/mol. The lowest BCUT2D eigenvalue weighted by molar-refractivity contribution is -0.139. The minimum Gasteiger partial charge on any atom is -0.494 e. The largest absolute Gasteiger partial charge is 0.494 e. The van der Waals surface area contributed by atoms with Gasteiger partial charge in [0.1, 0.15) is 5.75 Å². The molecule has 2 amide bonds. The second kappa shape index (κ2) is 9.04. The van der Waals surface area contributed by atoms with Gasteiger partial charge in [-0.2, -0.15) is 5.10 Å². The molecule has 0 aliphatic rings. The van der Waals surface area contributed by atoms with Gasteiger partial charge in [0, 0.05) is 18.9 Å². The van der Waals surface area contributed by atoms with Gasteiger partial charge in [-0.25, -0.2) is 5.43 Å². The van der Waals surface area contributed by atoms with Gasteiger partial charge < -0.3 is 10.1 Å². The summed E-state index contributed by atoms with van der Waals surface area (Å²) in [6, 6.07) is 10.7. The van der Waals surface area contributed by atoms with Gasteiger partial charge in [0.2, 0.25) is 0 Å². The molecular weight excluding hydrogens is 308 g/mol. The molecule has 24 heavy (non-hydrogen) atoms. The van der Waals surface area contributed by atoms with Gasteiger partial charge in [-0.1, -0.05) is 6.07 Å². The van der Waals surface area contributed by atoms with Crippen molar-refractivity contribution >= 4 is 18.0 Å². The first-order valence-electron chi connectivity index (χ1n) is 7.42. The molecule has 0 spiro atoms. The number of pyridine rings is 1. The van der Waals surface area contributed by atoms with Crippen LogP contribution in [0.4, 0.5) is 0 Å². The summed E-state index contributed by atoms with van der Waals surface area (Å²) in [6.45, 7) is 2.73. The number of rotatable bonds is 6. The van der Waals surface area contributed by atoms with Crippen LogP contribution in [0.3, 0.4) is 0 Å². The molecule has 124 valence electrons. The Labute approximate surface area is 139 Å². The third-order valence-corrected chi connectivity index (χ3v) is 2.95. The Kier molecular flexibility index (Phi) is 6.46. The Morgan fingerprint density at radius 2 is 2.00 bits per heavy atom. The number of nitrogens with zero attached hydrogens (tertiary/aromatic N) is 2. The molecule has 7 heteroatoms. The van der Waals surface area contributed by atoms with E-state index in [4.69, 9.17) is 4.74 Å². The number of amides is 2. The summed E-state index contributed by atoms with van der Waals surface area (Å²) in [4.78, 5) is 27.2. The molecule has 0 fully saturated rings. The molecule has 0 saturated heterocycles. The van der Waals surface area contributed by atoms with E-state index in [9.17, 15) is 9.59 Å². The first-order chi connectivity index (χ1) is 11.7. The molecule has 0 atom stereocenters. The zero-order chi connectivity index (χ0) is 17.2. The molecule has 1 aromatic heterocycles. The first-order valence-corrected chi connectivity index (χ1v) is 7.42. The second-order valence-corrected chi connectivity index (χ2v) is 4.75. The van der Waals surface area contributed by atoms with Crippen LogP contribution in [-0.2, 0) is 16.1 Å². The fourth-order valence-corrected chi connectivity index (χ4v) is 1.80. The van der Waals surface area contributed by atoms with Crippen LogP contribution in [0.15, 0.2) is 53.9 Å². The summed E-state index contributed by atoms with van der Waals surface area (Å²) in [6.07, 6.45) is 4.69. The molecule has 1 aromatic carbocycles. The van der Waals surface area contributed by atoms with E-state index in [-0.39, 0.29) is 6.54 Å². The molecule has 2 rings (SSSR count). The number of aromatic nitrogens is 1. The van der Waals surface area contributed by atoms with Crippen LogP contribution < -0.4 is 15.5 Å². The van der Waals surface area contributed by atoms with Crippen LogP contribution in [0.2, 0.25) is 0 Å². The van der Waals surface area contributed by atoms with Gasteiger partial charge in [-0.3, -0.25) is 14.6 Å². The number of hydrogen-bond donors (Lipinski definition) is 2. The van der Waals surface area contributed by atoms with Crippen molar-refractivity contribution < 1.29 is 14.3 Å². The first kappa shape index (κ1) is 17.1. The smallest absolute Gasteiger partial charge is 0.329 e. The predicted octanol–water partition coefficient (Wildman–Crippen LogP) is 1.25. The zero-order valence-electron chi connectivity index (χ0n) is 13.2. The molecule has 7 nitrogen and oxygen atoms in total. The van der Waals surface area contributed by atoms with E-state index in [0.717, 1.165) is 16.9 Å². The second-order valence-electron chi connectivity index (χ2n) is 4.75. The van der Waals surface area contributed by atoms with Crippen LogP contribution in [0.1, 0.15) is 18.1 Å². The van der Waals surface area contributed by atoms with E-state index in [1.54, 1.807) is 48.8 Å². The summed E-state index contributed by atoms with van der Waals surface area (Å²) in [7, 11) is 0. The molecule has 0 bridgehead atoms. The van der Waals surface area contributed by atoms with Crippen LogP contribution >= 0.6 is 0 Å². The van der Waals surface area contributed by atoms with Crippen molar-refractivity contribution in [2.75, 3.05) is 6.61 Å². The third-order valence-electron chi connectivity index (χ3n) is 2.95. The highest BCUT2D eigenvalue weighted by Crippen LogP contribution is 2.10. The fraction of sp³-hybridized carbons (Fsp3) is 0.176. The highest BCUT2D eigenvalue weighted by Gasteiger charge is 2.11. The minimum absolute atomic E-state index is 0.225. The Morgan fingerprint density at radius 1 is 1.21 bits per heavy atom. The number of nitrogens with one attached hydrogen (secondary N) is 2. The molecule has 2 N–H and O–H groups in total. The summed E-state index contributed by atoms with van der Waals surface area (Å²) in [5, 5.41) is 6.24. The SMILES string of the molecule is CCOc1ccc(/C=N/NC(=O)C(=O)NCc2cccnc2)cc1. The number of carbonyl (C=O) groups is 2. The summed E-state index contributed by atoms with van der Waals surface area (Å²) >= 11 is 0. The number of hydrazone groups is 1. The van der Waals surface area contributed by atoms with E-state index in [1.807, 2.05) is 6.92 Å². The fourth-order valence-electron chi connectivity index (χ4n) is 1.80. The van der Waals surface area contributed by atoms with Gasteiger partial charge in [0.25, 0.3) is 0 Å². The normalized spacial score (nSPS) is 10.4. The van der Waals surface area contributed by atoms with E-state index in [1.165, 1.54) is 6.21 Å². The quantitative estimate of drug-likeness (QED) is 0.475. The van der Waals surface area contributed by atoms with Crippen molar-refractivity contribution in [3.63, 3.8) is 0 Å². The monoisotopic (exact) mass is 326 g/mol. The maximum atomic E-state index is 11.6. The number of ether oxygens (including phenoxy) is 1. The van der Waals surface area contributed by atoms with Crippen molar-refractivity contribution in [2.45, 2.75) is 13.5 Å². The van der Waals surface area contributed by atoms with Crippen LogP contribution in [-0.4, -0.2) is 29.6 Å². The standard InChI is InChI=1S/C17H18N4O3/c1-2-24-15-7-5-13(6-8-15)12-20-21-17(23)16(22)19-11-14-4-3-9-18-10-14/h3-10,12H,2,11H2,1H3,(H,19,22)(H,21,23)/b20-12+.